The molecule has 0 saturated heterocycles. The molecule has 0 saturated carbocycles. The summed E-state index contributed by atoms with van der Waals surface area (Å²) in [6, 6.07) is 14.4. The Bertz CT molecular complexity index is 819. The number of nitrogens with zero attached hydrogens (tertiary/aromatic N) is 1. The maximum atomic E-state index is 13.2. The summed E-state index contributed by atoms with van der Waals surface area (Å²) >= 11 is 5.90. The predicted octanol–water partition coefficient (Wildman–Crippen LogP) is 4.07. The fraction of sp³-hybridized carbons (Fsp3) is 0.364. The minimum absolute atomic E-state index is 0.0128. The molecule has 5 heteroatoms. The average Bonchev–Trinajstić information content (AvgIpc) is 2.71. The van der Waals surface area contributed by atoms with Crippen molar-refractivity contribution in [2.24, 2.45) is 5.92 Å². The molecule has 0 bridgehead atoms. The third kappa shape index (κ3) is 4.51. The van der Waals surface area contributed by atoms with E-state index in [0.717, 1.165) is 12.8 Å². The predicted molar refractivity (Wildman–Crippen MR) is 108 cm³/mol. The van der Waals surface area contributed by atoms with Crippen molar-refractivity contribution in [2.75, 3.05) is 6.54 Å². The van der Waals surface area contributed by atoms with Gasteiger partial charge in [0.1, 0.15) is 6.04 Å². The molecule has 0 aromatic heterocycles. The Labute approximate surface area is 165 Å². The molecular weight excluding hydrogens is 360 g/mol. The highest BCUT2D eigenvalue weighted by Crippen LogP contribution is 2.21. The van der Waals surface area contributed by atoms with Crippen molar-refractivity contribution in [2.45, 2.75) is 39.3 Å². The molecule has 0 spiro atoms. The monoisotopic (exact) mass is 384 g/mol. The quantitative estimate of drug-likeness (QED) is 0.844. The van der Waals surface area contributed by atoms with E-state index in [4.69, 9.17) is 11.6 Å². The second kappa shape index (κ2) is 8.57. The van der Waals surface area contributed by atoms with Gasteiger partial charge < -0.3 is 10.2 Å². The summed E-state index contributed by atoms with van der Waals surface area (Å²) in [4.78, 5) is 27.7. The molecule has 0 aliphatic carbocycles. The van der Waals surface area contributed by atoms with E-state index in [1.54, 1.807) is 24.3 Å². The van der Waals surface area contributed by atoms with Gasteiger partial charge >= 0.3 is 0 Å². The second-order valence-corrected chi connectivity index (χ2v) is 7.56. The molecule has 1 aliphatic heterocycles. The first kappa shape index (κ1) is 19.4. The summed E-state index contributed by atoms with van der Waals surface area (Å²) in [6.45, 7) is 5.31. The first-order valence-corrected chi connectivity index (χ1v) is 9.79. The van der Waals surface area contributed by atoms with Crippen LogP contribution in [0.5, 0.6) is 0 Å². The van der Waals surface area contributed by atoms with E-state index in [2.05, 4.69) is 17.4 Å². The number of benzene rings is 2. The van der Waals surface area contributed by atoms with Gasteiger partial charge in [-0.2, -0.15) is 0 Å². The number of carbonyl (C=O) groups excluding carboxylic acids is 2. The summed E-state index contributed by atoms with van der Waals surface area (Å²) in [7, 11) is 0. The Morgan fingerprint density at radius 3 is 2.44 bits per heavy atom. The summed E-state index contributed by atoms with van der Waals surface area (Å²) in [6.07, 6.45) is 1.65. The van der Waals surface area contributed by atoms with Crippen molar-refractivity contribution in [1.29, 1.82) is 0 Å². The zero-order chi connectivity index (χ0) is 19.4. The van der Waals surface area contributed by atoms with E-state index in [1.807, 2.05) is 30.9 Å². The Balaban J connectivity index is 1.75. The van der Waals surface area contributed by atoms with E-state index in [0.29, 0.717) is 23.7 Å². The summed E-state index contributed by atoms with van der Waals surface area (Å²) in [5, 5.41) is 3.53. The lowest BCUT2D eigenvalue weighted by Crippen LogP contribution is -2.52. The van der Waals surface area contributed by atoms with Crippen LogP contribution in [0, 0.1) is 5.92 Å². The average molecular weight is 385 g/mol. The number of carbonyl (C=O) groups is 2. The zero-order valence-corrected chi connectivity index (χ0v) is 16.5. The minimum Gasteiger partial charge on any atom is -0.340 e. The number of halogens is 1. The fourth-order valence-corrected chi connectivity index (χ4v) is 3.52. The van der Waals surface area contributed by atoms with Crippen LogP contribution < -0.4 is 5.32 Å². The van der Waals surface area contributed by atoms with Crippen LogP contribution >= 0.6 is 11.6 Å². The molecule has 1 aliphatic rings. The van der Waals surface area contributed by atoms with Gasteiger partial charge in [0.25, 0.3) is 5.91 Å². The second-order valence-electron chi connectivity index (χ2n) is 7.12. The number of fused-ring (bicyclic) bond motifs is 1. The van der Waals surface area contributed by atoms with Crippen LogP contribution in [-0.4, -0.2) is 29.3 Å². The Kier molecular flexibility index (Phi) is 6.17. The molecule has 1 N–H and O–H groups in total. The Morgan fingerprint density at radius 1 is 1.11 bits per heavy atom. The molecule has 2 amide bonds. The summed E-state index contributed by atoms with van der Waals surface area (Å²) < 4.78 is 0. The van der Waals surface area contributed by atoms with Gasteiger partial charge in [0.15, 0.2) is 0 Å². The molecule has 1 heterocycles. The topological polar surface area (TPSA) is 49.4 Å². The van der Waals surface area contributed by atoms with Crippen LogP contribution in [-0.2, 0) is 17.8 Å². The lowest BCUT2D eigenvalue weighted by Gasteiger charge is -2.34. The van der Waals surface area contributed by atoms with Gasteiger partial charge in [-0.15, -0.1) is 0 Å². The first-order valence-electron chi connectivity index (χ1n) is 9.41. The van der Waals surface area contributed by atoms with Crippen LogP contribution in [0.25, 0.3) is 0 Å². The van der Waals surface area contributed by atoms with E-state index >= 15 is 0 Å². The number of amides is 2. The molecule has 2 aromatic carbocycles. The normalized spacial score (nSPS) is 15.6. The highest BCUT2D eigenvalue weighted by Gasteiger charge is 2.31. The molecule has 2 aromatic rings. The van der Waals surface area contributed by atoms with E-state index in [1.165, 1.54) is 11.1 Å². The molecule has 142 valence electrons. The smallest absolute Gasteiger partial charge is 0.251 e. The molecule has 2 atom stereocenters. The van der Waals surface area contributed by atoms with Gasteiger partial charge in [0, 0.05) is 23.7 Å². The van der Waals surface area contributed by atoms with Crippen molar-refractivity contribution in [3.63, 3.8) is 0 Å². The maximum absolute atomic E-state index is 13.2. The SMILES string of the molecule is CCC(C)C(NC(=O)c1ccc(Cl)cc1)C(=O)N1CCc2ccccc2C1. The number of hydrogen-bond acceptors (Lipinski definition) is 2. The van der Waals surface area contributed by atoms with Gasteiger partial charge in [-0.1, -0.05) is 56.1 Å². The van der Waals surface area contributed by atoms with Crippen LogP contribution in [0.2, 0.25) is 5.02 Å². The van der Waals surface area contributed by atoms with Gasteiger partial charge in [-0.25, -0.2) is 0 Å². The highest BCUT2D eigenvalue weighted by molar-refractivity contribution is 6.30. The molecule has 4 nitrogen and oxygen atoms in total. The molecule has 0 radical (unpaired) electrons. The van der Waals surface area contributed by atoms with Gasteiger partial charge in [0.05, 0.1) is 0 Å². The maximum Gasteiger partial charge on any atom is 0.251 e. The molecule has 0 fully saturated rings. The van der Waals surface area contributed by atoms with Crippen molar-refractivity contribution in [3.8, 4) is 0 Å². The highest BCUT2D eigenvalue weighted by atomic mass is 35.5. The van der Waals surface area contributed by atoms with E-state index in [-0.39, 0.29) is 17.7 Å². The minimum atomic E-state index is -0.538. The fourth-order valence-electron chi connectivity index (χ4n) is 3.39. The lowest BCUT2D eigenvalue weighted by atomic mass is 9.94. The van der Waals surface area contributed by atoms with Crippen molar-refractivity contribution < 1.29 is 9.59 Å². The van der Waals surface area contributed by atoms with Crippen LogP contribution in [0.4, 0.5) is 0 Å². The molecule has 2 unspecified atom stereocenters. The van der Waals surface area contributed by atoms with Crippen LogP contribution in [0.1, 0.15) is 41.8 Å². The van der Waals surface area contributed by atoms with Gasteiger partial charge in [0.2, 0.25) is 5.91 Å². The number of nitrogens with one attached hydrogen (secondary N) is 1. The third-order valence-electron chi connectivity index (χ3n) is 5.31. The third-order valence-corrected chi connectivity index (χ3v) is 5.57. The van der Waals surface area contributed by atoms with Crippen LogP contribution in [0.15, 0.2) is 48.5 Å². The first-order chi connectivity index (χ1) is 13.0. The Hall–Kier alpha value is -2.33. The molecule has 27 heavy (non-hydrogen) atoms. The van der Waals surface area contributed by atoms with Crippen molar-refractivity contribution >= 4 is 23.4 Å². The van der Waals surface area contributed by atoms with Crippen molar-refractivity contribution in [1.82, 2.24) is 10.2 Å². The van der Waals surface area contributed by atoms with Crippen molar-refractivity contribution in [3.05, 3.63) is 70.2 Å². The zero-order valence-electron chi connectivity index (χ0n) is 15.7. The number of rotatable bonds is 5. The van der Waals surface area contributed by atoms with E-state index < -0.39 is 6.04 Å². The van der Waals surface area contributed by atoms with Crippen LogP contribution in [0.3, 0.4) is 0 Å². The lowest BCUT2D eigenvalue weighted by molar-refractivity contribution is -0.135. The molecular formula is C22H25ClN2O2. The van der Waals surface area contributed by atoms with Gasteiger partial charge in [-0.3, -0.25) is 9.59 Å². The molecule has 3 rings (SSSR count). The van der Waals surface area contributed by atoms with Gasteiger partial charge in [-0.05, 0) is 47.7 Å². The number of hydrogen-bond donors (Lipinski definition) is 1. The summed E-state index contributed by atoms with van der Waals surface area (Å²) in [5.74, 6) is -0.213. The standard InChI is InChI=1S/C22H25ClN2O2/c1-3-15(2)20(24-21(26)17-8-10-19(23)11-9-17)22(27)25-13-12-16-6-4-5-7-18(16)14-25/h4-11,15,20H,3,12-14H2,1-2H3,(H,24,26). The van der Waals surface area contributed by atoms with E-state index in [9.17, 15) is 9.59 Å². The summed E-state index contributed by atoms with van der Waals surface area (Å²) in [5.41, 5.74) is 2.99. The Morgan fingerprint density at radius 2 is 1.78 bits per heavy atom. The largest absolute Gasteiger partial charge is 0.340 e.